The molecule has 2 heterocycles. The van der Waals surface area contributed by atoms with Gasteiger partial charge < -0.3 is 5.11 Å². The Hall–Kier alpha value is -2.76. The first kappa shape index (κ1) is 11.3. The van der Waals surface area contributed by atoms with Gasteiger partial charge in [-0.2, -0.15) is 5.10 Å². The minimum absolute atomic E-state index is 0.203. The van der Waals surface area contributed by atoms with Crippen LogP contribution in [0.2, 0.25) is 0 Å². The number of carboxylic acid groups (broad SMARTS) is 1. The van der Waals surface area contributed by atoms with E-state index in [0.717, 1.165) is 11.1 Å². The second-order valence-electron chi connectivity index (χ2n) is 4.14. The van der Waals surface area contributed by atoms with Gasteiger partial charge in [-0.25, -0.2) is 19.4 Å². The lowest BCUT2D eigenvalue weighted by molar-refractivity contribution is 0.0697. The highest BCUT2D eigenvalue weighted by atomic mass is 16.4. The molecule has 1 N–H and O–H groups in total. The van der Waals surface area contributed by atoms with E-state index in [-0.39, 0.29) is 5.56 Å². The molecule has 0 amide bonds. The van der Waals surface area contributed by atoms with Gasteiger partial charge in [0.2, 0.25) is 0 Å². The van der Waals surface area contributed by atoms with Crippen molar-refractivity contribution in [3.63, 3.8) is 0 Å². The van der Waals surface area contributed by atoms with E-state index in [0.29, 0.717) is 11.3 Å². The van der Waals surface area contributed by atoms with Crippen molar-refractivity contribution in [3.05, 3.63) is 48.0 Å². The molecule has 19 heavy (non-hydrogen) atoms. The van der Waals surface area contributed by atoms with E-state index in [1.807, 2.05) is 19.2 Å². The fourth-order valence-electron chi connectivity index (χ4n) is 1.89. The van der Waals surface area contributed by atoms with Gasteiger partial charge in [-0.1, -0.05) is 0 Å². The predicted molar refractivity (Wildman–Crippen MR) is 68.4 cm³/mol. The summed E-state index contributed by atoms with van der Waals surface area (Å²) in [5.41, 5.74) is 1.67. The van der Waals surface area contributed by atoms with Crippen LogP contribution in [0.25, 0.3) is 16.7 Å². The van der Waals surface area contributed by atoms with Gasteiger partial charge >= 0.3 is 5.97 Å². The first-order valence-electron chi connectivity index (χ1n) is 5.66. The lowest BCUT2D eigenvalue weighted by Crippen LogP contribution is -2.02. The van der Waals surface area contributed by atoms with Crippen molar-refractivity contribution >= 4 is 16.9 Å². The fraction of sp³-hybridized carbons (Fsp3) is 0.0769. The Labute approximate surface area is 108 Å². The average molecular weight is 254 g/mol. The monoisotopic (exact) mass is 254 g/mol. The van der Waals surface area contributed by atoms with Crippen molar-refractivity contribution in [1.29, 1.82) is 0 Å². The maximum Gasteiger partial charge on any atom is 0.335 e. The number of hydrogen-bond acceptors (Lipinski definition) is 4. The molecule has 3 aromatic rings. The molecular formula is C13H10N4O2. The van der Waals surface area contributed by atoms with E-state index in [2.05, 4.69) is 15.1 Å². The number of hydrogen-bond donors (Lipinski definition) is 1. The van der Waals surface area contributed by atoms with Gasteiger partial charge in [0.1, 0.15) is 6.33 Å². The molecule has 0 atom stereocenters. The minimum atomic E-state index is -0.975. The predicted octanol–water partition coefficient (Wildman–Crippen LogP) is 1.82. The van der Waals surface area contributed by atoms with Gasteiger partial charge in [0, 0.05) is 11.6 Å². The van der Waals surface area contributed by atoms with Crippen LogP contribution in [0.4, 0.5) is 0 Å². The second-order valence-corrected chi connectivity index (χ2v) is 4.14. The second kappa shape index (κ2) is 4.16. The van der Waals surface area contributed by atoms with Gasteiger partial charge in [-0.3, -0.25) is 0 Å². The van der Waals surface area contributed by atoms with Crippen LogP contribution in [-0.2, 0) is 0 Å². The summed E-state index contributed by atoms with van der Waals surface area (Å²) in [6.45, 7) is 1.89. The zero-order valence-electron chi connectivity index (χ0n) is 10.1. The summed E-state index contributed by atoms with van der Waals surface area (Å²) in [7, 11) is 0. The molecule has 0 bridgehead atoms. The quantitative estimate of drug-likeness (QED) is 0.754. The van der Waals surface area contributed by atoms with Gasteiger partial charge in [-0.05, 0) is 31.2 Å². The van der Waals surface area contributed by atoms with E-state index >= 15 is 0 Å². The van der Waals surface area contributed by atoms with E-state index in [1.165, 1.54) is 18.5 Å². The molecular weight excluding hydrogens is 244 g/mol. The van der Waals surface area contributed by atoms with Crippen LogP contribution in [0.1, 0.15) is 16.1 Å². The molecule has 6 heteroatoms. The molecule has 3 rings (SSSR count). The Bertz CT molecular complexity index is 779. The van der Waals surface area contributed by atoms with Crippen LogP contribution in [0.15, 0.2) is 36.8 Å². The maximum absolute atomic E-state index is 10.9. The SMILES string of the molecule is Cc1ccn(-c2ncnc3cc(C(=O)O)ccc23)n1. The zero-order chi connectivity index (χ0) is 13.4. The largest absolute Gasteiger partial charge is 0.478 e. The first-order valence-corrected chi connectivity index (χ1v) is 5.66. The number of benzene rings is 1. The van der Waals surface area contributed by atoms with Crippen molar-refractivity contribution in [2.45, 2.75) is 6.92 Å². The summed E-state index contributed by atoms with van der Waals surface area (Å²) >= 11 is 0. The summed E-state index contributed by atoms with van der Waals surface area (Å²) < 4.78 is 1.65. The first-order chi connectivity index (χ1) is 9.15. The Morgan fingerprint density at radius 1 is 1.26 bits per heavy atom. The minimum Gasteiger partial charge on any atom is -0.478 e. The average Bonchev–Trinajstić information content (AvgIpc) is 2.84. The number of carbonyl (C=O) groups is 1. The molecule has 0 radical (unpaired) electrons. The molecule has 2 aromatic heterocycles. The van der Waals surface area contributed by atoms with Crippen molar-refractivity contribution < 1.29 is 9.90 Å². The normalized spacial score (nSPS) is 10.8. The third kappa shape index (κ3) is 1.93. The Balaban J connectivity index is 2.24. The van der Waals surface area contributed by atoms with Crippen LogP contribution >= 0.6 is 0 Å². The molecule has 0 saturated carbocycles. The summed E-state index contributed by atoms with van der Waals surface area (Å²) in [6.07, 6.45) is 3.21. The lowest BCUT2D eigenvalue weighted by atomic mass is 10.1. The zero-order valence-corrected chi connectivity index (χ0v) is 10.1. The smallest absolute Gasteiger partial charge is 0.335 e. The number of fused-ring (bicyclic) bond motifs is 1. The van der Waals surface area contributed by atoms with Gasteiger partial charge in [-0.15, -0.1) is 0 Å². The molecule has 6 nitrogen and oxygen atoms in total. The van der Waals surface area contributed by atoms with E-state index < -0.39 is 5.97 Å². The van der Waals surface area contributed by atoms with Crippen molar-refractivity contribution in [2.24, 2.45) is 0 Å². The lowest BCUT2D eigenvalue weighted by Gasteiger charge is -2.05. The highest BCUT2D eigenvalue weighted by molar-refractivity contribution is 5.94. The van der Waals surface area contributed by atoms with Gasteiger partial charge in [0.15, 0.2) is 5.82 Å². The Kier molecular flexibility index (Phi) is 2.49. The summed E-state index contributed by atoms with van der Waals surface area (Å²) in [5.74, 6) is -0.341. The molecule has 0 fully saturated rings. The fourth-order valence-corrected chi connectivity index (χ4v) is 1.89. The highest BCUT2D eigenvalue weighted by Crippen LogP contribution is 2.19. The Morgan fingerprint density at radius 3 is 2.79 bits per heavy atom. The number of rotatable bonds is 2. The summed E-state index contributed by atoms with van der Waals surface area (Å²) in [6, 6.07) is 6.64. The van der Waals surface area contributed by atoms with Gasteiger partial charge in [0.05, 0.1) is 16.8 Å². The van der Waals surface area contributed by atoms with Crippen LogP contribution < -0.4 is 0 Å². The van der Waals surface area contributed by atoms with E-state index in [1.54, 1.807) is 10.7 Å². The summed E-state index contributed by atoms with van der Waals surface area (Å²) in [5, 5.41) is 14.0. The van der Waals surface area contributed by atoms with Crippen LogP contribution in [-0.4, -0.2) is 30.8 Å². The maximum atomic E-state index is 10.9. The molecule has 94 valence electrons. The Morgan fingerprint density at radius 2 is 2.11 bits per heavy atom. The number of nitrogens with zero attached hydrogens (tertiary/aromatic N) is 4. The molecule has 0 spiro atoms. The van der Waals surface area contributed by atoms with Crippen LogP contribution in [0.3, 0.4) is 0 Å². The number of aromatic carboxylic acids is 1. The van der Waals surface area contributed by atoms with Crippen LogP contribution in [0.5, 0.6) is 0 Å². The molecule has 0 aliphatic rings. The van der Waals surface area contributed by atoms with E-state index in [9.17, 15) is 4.79 Å². The van der Waals surface area contributed by atoms with Gasteiger partial charge in [0.25, 0.3) is 0 Å². The van der Waals surface area contributed by atoms with Crippen molar-refractivity contribution in [2.75, 3.05) is 0 Å². The topological polar surface area (TPSA) is 80.9 Å². The van der Waals surface area contributed by atoms with Crippen molar-refractivity contribution in [3.8, 4) is 5.82 Å². The number of aryl methyl sites for hydroxylation is 1. The third-order valence-corrected chi connectivity index (χ3v) is 2.80. The third-order valence-electron chi connectivity index (χ3n) is 2.80. The molecule has 0 aliphatic carbocycles. The standard InChI is InChI=1S/C13H10N4O2/c1-8-4-5-17(16-8)12-10-3-2-9(13(18)19)6-11(10)14-7-15-12/h2-7H,1H3,(H,18,19). The summed E-state index contributed by atoms with van der Waals surface area (Å²) in [4.78, 5) is 19.3. The van der Waals surface area contributed by atoms with Crippen molar-refractivity contribution in [1.82, 2.24) is 19.7 Å². The molecule has 0 aliphatic heterocycles. The number of aromatic nitrogens is 4. The molecule has 0 saturated heterocycles. The van der Waals surface area contributed by atoms with E-state index in [4.69, 9.17) is 5.11 Å². The molecule has 1 aromatic carbocycles. The number of carboxylic acids is 1. The van der Waals surface area contributed by atoms with Crippen LogP contribution in [0, 0.1) is 6.92 Å². The highest BCUT2D eigenvalue weighted by Gasteiger charge is 2.09. The molecule has 0 unspecified atom stereocenters.